The van der Waals surface area contributed by atoms with Crippen LogP contribution in [0.3, 0.4) is 0 Å². The second-order valence-corrected chi connectivity index (χ2v) is 10.4. The maximum absolute atomic E-state index is 11.5. The van der Waals surface area contributed by atoms with Gasteiger partial charge in [-0.25, -0.2) is 0 Å². The van der Waals surface area contributed by atoms with E-state index >= 15 is 0 Å². The molecule has 2 aromatic carbocycles. The fraction of sp³-hybridized carbons (Fsp3) is 0.379. The summed E-state index contributed by atoms with van der Waals surface area (Å²) in [6.07, 6.45) is 3.28. The summed E-state index contributed by atoms with van der Waals surface area (Å²) in [6, 6.07) is 15.9. The first kappa shape index (κ1) is 28.7. The largest absolute Gasteiger partial charge is 0.512 e. The van der Waals surface area contributed by atoms with Crippen LogP contribution in [0.4, 0.5) is 0 Å². The molecule has 0 aliphatic rings. The summed E-state index contributed by atoms with van der Waals surface area (Å²) in [7, 11) is 0. The summed E-state index contributed by atoms with van der Waals surface area (Å²) < 4.78 is 0. The molecule has 179 valence electrons. The van der Waals surface area contributed by atoms with Gasteiger partial charge in [0.05, 0.1) is 0 Å². The maximum Gasteiger partial charge on any atom is 0.164 e. The number of aromatic nitrogens is 1. The van der Waals surface area contributed by atoms with E-state index in [9.17, 15) is 9.90 Å². The molecule has 33 heavy (non-hydrogen) atoms. The quantitative estimate of drug-likeness (QED) is 0.181. The third kappa shape index (κ3) is 7.62. The van der Waals surface area contributed by atoms with Crippen molar-refractivity contribution >= 4 is 16.6 Å². The molecule has 3 aromatic rings. The van der Waals surface area contributed by atoms with Crippen LogP contribution in [0, 0.1) is 37.7 Å². The Labute approximate surface area is 212 Å². The van der Waals surface area contributed by atoms with E-state index in [0.29, 0.717) is 0 Å². The van der Waals surface area contributed by atoms with E-state index in [0.717, 1.165) is 11.3 Å². The SMILES string of the molecule is CC(C)(C)C(=O)/C=C(\O)C(C)(C)C.Cc1c[c-]c(-c2ncc3ccccc3c2C)cc1C.[Ir]. The molecule has 0 saturated carbocycles. The molecule has 0 aliphatic heterocycles. The Morgan fingerprint density at radius 3 is 2.12 bits per heavy atom. The summed E-state index contributed by atoms with van der Waals surface area (Å²) in [5.74, 6) is 0.104. The fourth-order valence-electron chi connectivity index (χ4n) is 2.95. The Hall–Kier alpha value is -2.29. The van der Waals surface area contributed by atoms with Crippen LogP contribution < -0.4 is 0 Å². The molecule has 0 spiro atoms. The molecule has 1 radical (unpaired) electrons. The molecular weight excluding hydrogens is 587 g/mol. The first-order valence-electron chi connectivity index (χ1n) is 11.0. The maximum atomic E-state index is 11.5. The van der Waals surface area contributed by atoms with Gasteiger partial charge in [-0.3, -0.25) is 4.79 Å². The molecule has 3 nitrogen and oxygen atoms in total. The number of aliphatic hydroxyl groups is 1. The number of hydrogen-bond donors (Lipinski definition) is 1. The summed E-state index contributed by atoms with van der Waals surface area (Å²) in [4.78, 5) is 16.1. The number of ketones is 1. The van der Waals surface area contributed by atoms with Crippen molar-refractivity contribution in [2.45, 2.75) is 62.3 Å². The van der Waals surface area contributed by atoms with E-state index in [1.807, 2.05) is 59.9 Å². The van der Waals surface area contributed by atoms with Gasteiger partial charge in [-0.1, -0.05) is 85.2 Å². The number of fused-ring (bicyclic) bond motifs is 1. The normalized spacial score (nSPS) is 12.0. The van der Waals surface area contributed by atoms with Crippen molar-refractivity contribution in [1.29, 1.82) is 0 Å². The van der Waals surface area contributed by atoms with Crippen LogP contribution in [0.15, 0.2) is 54.4 Å². The molecule has 1 aromatic heterocycles. The van der Waals surface area contributed by atoms with E-state index in [1.54, 1.807) is 0 Å². The Balaban J connectivity index is 0.000000346. The number of rotatable bonds is 2. The summed E-state index contributed by atoms with van der Waals surface area (Å²) in [5.41, 5.74) is 5.11. The first-order valence-corrected chi connectivity index (χ1v) is 11.0. The molecule has 0 amide bonds. The smallest absolute Gasteiger partial charge is 0.164 e. The predicted octanol–water partition coefficient (Wildman–Crippen LogP) is 7.71. The van der Waals surface area contributed by atoms with Crippen molar-refractivity contribution in [2.24, 2.45) is 10.8 Å². The number of benzene rings is 2. The summed E-state index contributed by atoms with van der Waals surface area (Å²) in [6.45, 7) is 17.5. The number of aryl methyl sites for hydroxylation is 3. The molecule has 0 atom stereocenters. The topological polar surface area (TPSA) is 50.2 Å². The van der Waals surface area contributed by atoms with Crippen LogP contribution in [0.25, 0.3) is 22.0 Å². The Morgan fingerprint density at radius 1 is 0.970 bits per heavy atom. The van der Waals surface area contributed by atoms with Crippen LogP contribution in [-0.2, 0) is 24.9 Å². The minimum absolute atomic E-state index is 0. The molecule has 0 fully saturated rings. The van der Waals surface area contributed by atoms with Gasteiger partial charge in [-0.15, -0.1) is 34.9 Å². The van der Waals surface area contributed by atoms with Crippen LogP contribution in [-0.4, -0.2) is 15.9 Å². The first-order chi connectivity index (χ1) is 14.7. The predicted molar refractivity (Wildman–Crippen MR) is 135 cm³/mol. The summed E-state index contributed by atoms with van der Waals surface area (Å²) in [5, 5.41) is 12.0. The number of allylic oxidation sites excluding steroid dienone is 2. The Morgan fingerprint density at radius 2 is 1.58 bits per heavy atom. The zero-order chi connectivity index (χ0) is 24.3. The van der Waals surface area contributed by atoms with E-state index in [4.69, 9.17) is 0 Å². The minimum Gasteiger partial charge on any atom is -0.512 e. The van der Waals surface area contributed by atoms with Gasteiger partial charge in [0.15, 0.2) is 5.78 Å². The standard InChI is InChI=1S/C18H16N.C11H20O2.Ir/c1-12-8-9-15(10-13(12)2)18-14(3)17-7-5-4-6-16(17)11-19-18;1-10(2,3)8(12)7-9(13)11(4,5)6;/h4-8,10-11H,1-3H3;7,12H,1-6H3;/q-1;;/b;8-7-;. The van der Waals surface area contributed by atoms with Gasteiger partial charge in [0, 0.05) is 43.2 Å². The van der Waals surface area contributed by atoms with Crippen molar-refractivity contribution in [1.82, 2.24) is 4.98 Å². The number of nitrogens with zero attached hydrogens (tertiary/aromatic N) is 1. The molecule has 0 aliphatic carbocycles. The van der Waals surface area contributed by atoms with Gasteiger partial charge in [-0.2, -0.15) is 0 Å². The molecule has 1 N–H and O–H groups in total. The number of aliphatic hydroxyl groups excluding tert-OH is 1. The average Bonchev–Trinajstić information content (AvgIpc) is 2.70. The molecular formula is C29H36IrNO2-. The number of hydrogen-bond acceptors (Lipinski definition) is 3. The van der Waals surface area contributed by atoms with Gasteiger partial charge in [0.1, 0.15) is 5.76 Å². The van der Waals surface area contributed by atoms with Gasteiger partial charge in [-0.05, 0) is 23.4 Å². The molecule has 1 heterocycles. The van der Waals surface area contributed by atoms with Crippen LogP contribution in [0.5, 0.6) is 0 Å². The van der Waals surface area contributed by atoms with Crippen LogP contribution in [0.1, 0.15) is 58.2 Å². The van der Waals surface area contributed by atoms with E-state index in [-0.39, 0.29) is 37.1 Å². The fourth-order valence-corrected chi connectivity index (χ4v) is 2.95. The zero-order valence-electron chi connectivity index (χ0n) is 21.3. The molecule has 0 unspecified atom stereocenters. The van der Waals surface area contributed by atoms with Gasteiger partial charge < -0.3 is 10.1 Å². The van der Waals surface area contributed by atoms with Gasteiger partial charge in [0.2, 0.25) is 0 Å². The van der Waals surface area contributed by atoms with Crippen molar-refractivity contribution in [3.05, 3.63) is 77.2 Å². The number of carbonyl (C=O) groups excluding carboxylic acids is 1. The summed E-state index contributed by atoms with van der Waals surface area (Å²) >= 11 is 0. The molecule has 0 bridgehead atoms. The zero-order valence-corrected chi connectivity index (χ0v) is 23.6. The molecule has 3 rings (SSSR count). The van der Waals surface area contributed by atoms with Gasteiger partial charge >= 0.3 is 0 Å². The number of pyridine rings is 1. The third-order valence-electron chi connectivity index (χ3n) is 5.51. The van der Waals surface area contributed by atoms with Gasteiger partial charge in [0.25, 0.3) is 0 Å². The second-order valence-electron chi connectivity index (χ2n) is 10.4. The minimum atomic E-state index is -0.417. The van der Waals surface area contributed by atoms with E-state index in [2.05, 4.69) is 56.1 Å². The van der Waals surface area contributed by atoms with E-state index in [1.165, 1.54) is 33.5 Å². The molecule has 0 saturated heterocycles. The molecule has 4 heteroatoms. The Bertz CT molecular complexity index is 1150. The van der Waals surface area contributed by atoms with Crippen LogP contribution in [0.2, 0.25) is 0 Å². The Kier molecular flexibility index (Phi) is 9.78. The van der Waals surface area contributed by atoms with Crippen molar-refractivity contribution in [3.63, 3.8) is 0 Å². The van der Waals surface area contributed by atoms with Crippen LogP contribution >= 0.6 is 0 Å². The van der Waals surface area contributed by atoms with Crippen molar-refractivity contribution in [2.75, 3.05) is 0 Å². The second kappa shape index (κ2) is 11.2. The third-order valence-corrected chi connectivity index (χ3v) is 5.51. The number of carbonyl (C=O) groups is 1. The van der Waals surface area contributed by atoms with Crippen molar-refractivity contribution in [3.8, 4) is 11.3 Å². The van der Waals surface area contributed by atoms with Crippen molar-refractivity contribution < 1.29 is 30.0 Å². The van der Waals surface area contributed by atoms with E-state index < -0.39 is 5.41 Å². The monoisotopic (exact) mass is 623 g/mol. The average molecular weight is 623 g/mol.